The maximum absolute atomic E-state index is 13.4. The van der Waals surface area contributed by atoms with Gasteiger partial charge in [0.2, 0.25) is 5.90 Å². The number of amides is 1. The van der Waals surface area contributed by atoms with Gasteiger partial charge < -0.3 is 14.6 Å². The van der Waals surface area contributed by atoms with E-state index in [4.69, 9.17) is 25.1 Å². The highest BCUT2D eigenvalue weighted by molar-refractivity contribution is 6.00. The van der Waals surface area contributed by atoms with Crippen LogP contribution >= 0.6 is 0 Å². The minimum atomic E-state index is -1.27. The van der Waals surface area contributed by atoms with Gasteiger partial charge in [-0.05, 0) is 48.7 Å². The second-order valence-electron chi connectivity index (χ2n) is 7.93. The number of hydrazine groups is 1. The molecule has 34 heavy (non-hydrogen) atoms. The van der Waals surface area contributed by atoms with E-state index in [1.807, 2.05) is 31.2 Å². The molecule has 0 unspecified atom stereocenters. The molecule has 0 radical (unpaired) electrons. The van der Waals surface area contributed by atoms with Crippen molar-refractivity contribution in [1.29, 1.82) is 0 Å². The molecule has 0 bridgehead atoms. The molecule has 0 aliphatic carbocycles. The van der Waals surface area contributed by atoms with E-state index in [1.165, 1.54) is 0 Å². The molecule has 10 nitrogen and oxygen atoms in total. The van der Waals surface area contributed by atoms with Crippen LogP contribution in [0.5, 0.6) is 5.75 Å². The molecule has 3 N–H and O–H groups in total. The third-order valence-corrected chi connectivity index (χ3v) is 5.51. The summed E-state index contributed by atoms with van der Waals surface area (Å²) in [6.45, 7) is 4.91. The number of benzene rings is 2. The second-order valence-corrected chi connectivity index (χ2v) is 7.93. The lowest BCUT2D eigenvalue weighted by atomic mass is 9.85. The summed E-state index contributed by atoms with van der Waals surface area (Å²) < 4.78 is 11.7. The SMILES string of the molecule is CCCNNC(=O)[C@@]1(Cc2ccccc2N=[N+]=[N-])N=C(c2ccc(OCCCO)cc2)O[C@H]1C. The number of aliphatic imine (C=N–C) groups is 1. The summed E-state index contributed by atoms with van der Waals surface area (Å²) in [6, 6.07) is 14.3. The number of hydrogen-bond acceptors (Lipinski definition) is 7. The van der Waals surface area contributed by atoms with Crippen LogP contribution in [-0.2, 0) is 16.0 Å². The fourth-order valence-electron chi connectivity index (χ4n) is 3.62. The standard InChI is InChI=1S/C24H30N6O4/c1-3-13-26-29-23(32)24(16-19-7-4-5-8-21(19)28-30-25)17(2)34-22(27-24)18-9-11-20(12-10-18)33-15-6-14-31/h4-5,7-12,17,26,31H,3,6,13-16H2,1-2H3,(H,29,32)/t17-,24-/m0/s1. The zero-order valence-electron chi connectivity index (χ0n) is 19.4. The number of hydrogen-bond donors (Lipinski definition) is 3. The average Bonchev–Trinajstić information content (AvgIpc) is 3.18. The molecule has 180 valence electrons. The van der Waals surface area contributed by atoms with Gasteiger partial charge >= 0.3 is 0 Å². The van der Waals surface area contributed by atoms with Crippen molar-refractivity contribution in [3.8, 4) is 5.75 Å². The minimum Gasteiger partial charge on any atom is -0.494 e. The molecule has 3 rings (SSSR count). The Hall–Kier alpha value is -3.59. The number of azide groups is 1. The number of rotatable bonds is 12. The lowest BCUT2D eigenvalue weighted by Gasteiger charge is -2.28. The highest BCUT2D eigenvalue weighted by atomic mass is 16.5. The van der Waals surface area contributed by atoms with Gasteiger partial charge in [-0.1, -0.05) is 36.3 Å². The summed E-state index contributed by atoms with van der Waals surface area (Å²) in [5.41, 5.74) is 15.2. The van der Waals surface area contributed by atoms with Gasteiger partial charge in [0.15, 0.2) is 5.54 Å². The summed E-state index contributed by atoms with van der Waals surface area (Å²) in [5, 5.41) is 12.7. The van der Waals surface area contributed by atoms with Gasteiger partial charge in [-0.15, -0.1) is 0 Å². The maximum Gasteiger partial charge on any atom is 0.266 e. The molecule has 0 saturated carbocycles. The molecule has 0 saturated heterocycles. The molecule has 10 heteroatoms. The number of aliphatic hydroxyl groups is 1. The van der Waals surface area contributed by atoms with Crippen molar-refractivity contribution in [2.24, 2.45) is 10.1 Å². The fourth-order valence-corrected chi connectivity index (χ4v) is 3.62. The van der Waals surface area contributed by atoms with Gasteiger partial charge in [0.05, 0.1) is 6.61 Å². The molecule has 2 aromatic rings. The number of ether oxygens (including phenoxy) is 2. The van der Waals surface area contributed by atoms with Crippen molar-refractivity contribution < 1.29 is 19.4 Å². The van der Waals surface area contributed by atoms with Gasteiger partial charge in [-0.25, -0.2) is 10.4 Å². The predicted octanol–water partition coefficient (Wildman–Crippen LogP) is 3.57. The van der Waals surface area contributed by atoms with Gasteiger partial charge in [0, 0.05) is 42.2 Å². The van der Waals surface area contributed by atoms with E-state index < -0.39 is 11.6 Å². The molecular weight excluding hydrogens is 436 g/mol. The molecular formula is C24H30N6O4. The minimum absolute atomic E-state index is 0.0701. The van der Waals surface area contributed by atoms with Crippen molar-refractivity contribution in [2.45, 2.75) is 44.8 Å². The summed E-state index contributed by atoms with van der Waals surface area (Å²) in [5.74, 6) is 0.685. The van der Waals surface area contributed by atoms with Gasteiger partial charge in [0.25, 0.3) is 5.91 Å². The average molecular weight is 467 g/mol. The first-order chi connectivity index (χ1) is 16.5. The highest BCUT2D eigenvalue weighted by Crippen LogP contribution is 2.35. The molecule has 2 atom stereocenters. The highest BCUT2D eigenvalue weighted by Gasteiger charge is 2.50. The smallest absolute Gasteiger partial charge is 0.266 e. The van der Waals surface area contributed by atoms with Crippen molar-refractivity contribution in [3.05, 3.63) is 70.1 Å². The van der Waals surface area contributed by atoms with Crippen molar-refractivity contribution >= 4 is 17.5 Å². The maximum atomic E-state index is 13.4. The molecule has 0 spiro atoms. The van der Waals surface area contributed by atoms with E-state index in [0.717, 1.165) is 6.42 Å². The number of nitrogens with one attached hydrogen (secondary N) is 2. The quantitative estimate of drug-likeness (QED) is 0.144. The van der Waals surface area contributed by atoms with Crippen LogP contribution in [0.15, 0.2) is 58.6 Å². The van der Waals surface area contributed by atoms with Crippen LogP contribution in [0.25, 0.3) is 10.4 Å². The zero-order valence-corrected chi connectivity index (χ0v) is 19.4. The van der Waals surface area contributed by atoms with Crippen molar-refractivity contribution in [3.63, 3.8) is 0 Å². The molecule has 1 heterocycles. The lowest BCUT2D eigenvalue weighted by molar-refractivity contribution is -0.129. The molecule has 1 amide bonds. The van der Waals surface area contributed by atoms with E-state index in [9.17, 15) is 4.79 Å². The third kappa shape index (κ3) is 5.85. The number of carbonyl (C=O) groups is 1. The third-order valence-electron chi connectivity index (χ3n) is 5.51. The van der Waals surface area contributed by atoms with E-state index in [2.05, 4.69) is 20.9 Å². The van der Waals surface area contributed by atoms with E-state index >= 15 is 0 Å². The molecule has 0 aromatic heterocycles. The van der Waals surface area contributed by atoms with Crippen LogP contribution < -0.4 is 15.6 Å². The molecule has 1 aliphatic heterocycles. The summed E-state index contributed by atoms with van der Waals surface area (Å²) in [6.07, 6.45) is 1.01. The second kappa shape index (κ2) is 12.0. The van der Waals surface area contributed by atoms with Gasteiger partial charge in [0.1, 0.15) is 11.9 Å². The number of aliphatic hydroxyl groups excluding tert-OH is 1. The fraction of sp³-hybridized carbons (Fsp3) is 0.417. The number of nitrogens with zero attached hydrogens (tertiary/aromatic N) is 4. The molecule has 0 fully saturated rings. The molecule has 1 aliphatic rings. The first-order valence-corrected chi connectivity index (χ1v) is 11.3. The van der Waals surface area contributed by atoms with E-state index in [0.29, 0.717) is 48.0 Å². The van der Waals surface area contributed by atoms with Crippen LogP contribution in [0, 0.1) is 0 Å². The van der Waals surface area contributed by atoms with Crippen LogP contribution in [0.3, 0.4) is 0 Å². The Bertz CT molecular complexity index is 1050. The molecule has 2 aromatic carbocycles. The summed E-state index contributed by atoms with van der Waals surface area (Å²) >= 11 is 0. The van der Waals surface area contributed by atoms with Crippen LogP contribution in [-0.4, -0.2) is 48.3 Å². The lowest BCUT2D eigenvalue weighted by Crippen LogP contribution is -2.56. The van der Waals surface area contributed by atoms with Crippen LogP contribution in [0.1, 0.15) is 37.8 Å². The topological polar surface area (TPSA) is 141 Å². The Morgan fingerprint density at radius 3 is 2.76 bits per heavy atom. The van der Waals surface area contributed by atoms with E-state index in [1.54, 1.807) is 31.2 Å². The van der Waals surface area contributed by atoms with Crippen molar-refractivity contribution in [1.82, 2.24) is 10.9 Å². The van der Waals surface area contributed by atoms with Crippen LogP contribution in [0.2, 0.25) is 0 Å². The van der Waals surface area contributed by atoms with Crippen LogP contribution in [0.4, 0.5) is 5.69 Å². The Morgan fingerprint density at radius 2 is 2.06 bits per heavy atom. The largest absolute Gasteiger partial charge is 0.494 e. The first kappa shape index (κ1) is 25.0. The predicted molar refractivity (Wildman–Crippen MR) is 129 cm³/mol. The van der Waals surface area contributed by atoms with Gasteiger partial charge in [-0.2, -0.15) is 0 Å². The number of carbonyl (C=O) groups excluding carboxylic acids is 1. The summed E-state index contributed by atoms with van der Waals surface area (Å²) in [7, 11) is 0. The monoisotopic (exact) mass is 466 g/mol. The Balaban J connectivity index is 1.93. The van der Waals surface area contributed by atoms with E-state index in [-0.39, 0.29) is 18.9 Å². The Morgan fingerprint density at radius 1 is 1.29 bits per heavy atom. The Labute approximate surface area is 198 Å². The first-order valence-electron chi connectivity index (χ1n) is 11.3. The Kier molecular flexibility index (Phi) is 8.86. The van der Waals surface area contributed by atoms with Crippen molar-refractivity contribution in [2.75, 3.05) is 19.8 Å². The normalized spacial score (nSPS) is 19.0. The zero-order chi connectivity index (χ0) is 24.4. The summed E-state index contributed by atoms with van der Waals surface area (Å²) in [4.78, 5) is 21.1. The van der Waals surface area contributed by atoms with Gasteiger partial charge in [-0.3, -0.25) is 10.2 Å².